The van der Waals surface area contributed by atoms with Crippen LogP contribution in [-0.2, 0) is 5.60 Å². The van der Waals surface area contributed by atoms with Gasteiger partial charge in [0.2, 0.25) is 0 Å². The van der Waals surface area contributed by atoms with Crippen LogP contribution < -0.4 is 4.90 Å². The van der Waals surface area contributed by atoms with Crippen molar-refractivity contribution in [2.45, 2.75) is 45.1 Å². The van der Waals surface area contributed by atoms with Gasteiger partial charge in [-0.1, -0.05) is 50.1 Å². The monoisotopic (exact) mass is 286 g/mol. The molecule has 1 atom stereocenters. The van der Waals surface area contributed by atoms with E-state index in [1.54, 1.807) is 4.90 Å². The van der Waals surface area contributed by atoms with E-state index >= 15 is 0 Å². The zero-order valence-corrected chi connectivity index (χ0v) is 13.4. The average Bonchev–Trinajstić information content (AvgIpc) is 2.76. The molecule has 0 unspecified atom stereocenters. The molecule has 1 aromatic rings. The molecular weight excluding hydrogens is 258 g/mol. The second-order valence-corrected chi connectivity index (χ2v) is 6.43. The van der Waals surface area contributed by atoms with Crippen LogP contribution in [0.1, 0.15) is 45.1 Å². The van der Waals surface area contributed by atoms with Crippen LogP contribution >= 0.6 is 0 Å². The van der Waals surface area contributed by atoms with E-state index < -0.39 is 5.60 Å². The first kappa shape index (κ1) is 16.1. The van der Waals surface area contributed by atoms with Crippen LogP contribution in [0.15, 0.2) is 30.3 Å². The molecule has 0 saturated carbocycles. The Morgan fingerprint density at radius 3 is 2.29 bits per heavy atom. The Morgan fingerprint density at radius 1 is 1.10 bits per heavy atom. The van der Waals surface area contributed by atoms with Crippen LogP contribution in [0.5, 0.6) is 0 Å². The molecule has 1 saturated heterocycles. The molecule has 0 spiro atoms. The van der Waals surface area contributed by atoms with E-state index in [9.17, 15) is 5.11 Å². The Balaban J connectivity index is 2.08. The van der Waals surface area contributed by atoms with Crippen molar-refractivity contribution in [3.63, 3.8) is 0 Å². The molecular formula is C19H28NO+. The summed E-state index contributed by atoms with van der Waals surface area (Å²) in [4.78, 5) is 1.57. The summed E-state index contributed by atoms with van der Waals surface area (Å²) < 4.78 is 0. The van der Waals surface area contributed by atoms with Gasteiger partial charge in [0.15, 0.2) is 5.60 Å². The zero-order valence-electron chi connectivity index (χ0n) is 13.4. The SMILES string of the molecule is CC(C)[C@@](O)(C#CC[NH+]1CCCCCC1)c1ccccc1. The number of rotatable bonds is 3. The summed E-state index contributed by atoms with van der Waals surface area (Å²) in [5.74, 6) is 6.51. The minimum absolute atomic E-state index is 0.0755. The lowest BCUT2D eigenvalue weighted by Crippen LogP contribution is -3.11. The number of likely N-dealkylation sites (tertiary alicyclic amines) is 1. The van der Waals surface area contributed by atoms with Gasteiger partial charge in [-0.15, -0.1) is 0 Å². The summed E-state index contributed by atoms with van der Waals surface area (Å²) in [7, 11) is 0. The molecule has 2 heteroatoms. The molecule has 1 aliphatic heterocycles. The first-order valence-electron chi connectivity index (χ1n) is 8.24. The van der Waals surface area contributed by atoms with Gasteiger partial charge in [-0.05, 0) is 43.1 Å². The standard InChI is InChI=1S/C19H27NO/c1-17(2)19(21,18-11-6-5-7-12-18)13-10-16-20-14-8-3-4-9-15-20/h5-7,11-12,17,21H,3-4,8-9,14-16H2,1-2H3/p+1/t19-/m0/s1. The molecule has 0 radical (unpaired) electrons. The smallest absolute Gasteiger partial charge is 0.153 e. The van der Waals surface area contributed by atoms with Crippen molar-refractivity contribution in [1.29, 1.82) is 0 Å². The van der Waals surface area contributed by atoms with Crippen LogP contribution in [0.2, 0.25) is 0 Å². The molecule has 0 amide bonds. The molecule has 0 bridgehead atoms. The maximum Gasteiger partial charge on any atom is 0.153 e. The highest BCUT2D eigenvalue weighted by Gasteiger charge is 2.30. The van der Waals surface area contributed by atoms with E-state index in [1.807, 2.05) is 44.2 Å². The molecule has 1 aliphatic rings. The lowest BCUT2D eigenvalue weighted by atomic mass is 9.84. The highest BCUT2D eigenvalue weighted by molar-refractivity contribution is 5.32. The van der Waals surface area contributed by atoms with Gasteiger partial charge in [-0.3, -0.25) is 0 Å². The fourth-order valence-electron chi connectivity index (χ4n) is 2.95. The Morgan fingerprint density at radius 2 is 1.71 bits per heavy atom. The summed E-state index contributed by atoms with van der Waals surface area (Å²) in [6, 6.07) is 9.83. The summed E-state index contributed by atoms with van der Waals surface area (Å²) in [5, 5.41) is 11.0. The van der Waals surface area contributed by atoms with Crippen molar-refractivity contribution in [1.82, 2.24) is 0 Å². The molecule has 2 nitrogen and oxygen atoms in total. The maximum atomic E-state index is 11.0. The Labute approximate surface area is 129 Å². The van der Waals surface area contributed by atoms with Crippen molar-refractivity contribution in [3.05, 3.63) is 35.9 Å². The average molecular weight is 286 g/mol. The molecule has 1 fully saturated rings. The summed E-state index contributed by atoms with van der Waals surface area (Å²) in [6.07, 6.45) is 5.34. The van der Waals surface area contributed by atoms with Gasteiger partial charge < -0.3 is 10.0 Å². The fourth-order valence-corrected chi connectivity index (χ4v) is 2.95. The zero-order chi connectivity index (χ0) is 15.1. The van der Waals surface area contributed by atoms with Crippen LogP contribution in [0.25, 0.3) is 0 Å². The van der Waals surface area contributed by atoms with E-state index in [0.29, 0.717) is 0 Å². The minimum atomic E-state index is -1.04. The van der Waals surface area contributed by atoms with Crippen LogP contribution in [0, 0.1) is 17.8 Å². The van der Waals surface area contributed by atoms with Gasteiger partial charge in [-0.25, -0.2) is 0 Å². The Kier molecular flexibility index (Phi) is 5.85. The van der Waals surface area contributed by atoms with E-state index in [1.165, 1.54) is 38.8 Å². The van der Waals surface area contributed by atoms with Crippen LogP contribution in [-0.4, -0.2) is 24.7 Å². The van der Waals surface area contributed by atoms with E-state index in [2.05, 4.69) is 11.8 Å². The summed E-state index contributed by atoms with van der Waals surface area (Å²) >= 11 is 0. The number of aliphatic hydroxyl groups is 1. The third-order valence-corrected chi connectivity index (χ3v) is 4.48. The normalized spacial score (nSPS) is 19.4. The van der Waals surface area contributed by atoms with Gasteiger partial charge in [0.05, 0.1) is 13.1 Å². The van der Waals surface area contributed by atoms with Crippen molar-refractivity contribution in [3.8, 4) is 11.8 Å². The lowest BCUT2D eigenvalue weighted by Gasteiger charge is -2.27. The molecule has 2 rings (SSSR count). The van der Waals surface area contributed by atoms with Gasteiger partial charge in [0.1, 0.15) is 6.54 Å². The van der Waals surface area contributed by atoms with Crippen molar-refractivity contribution >= 4 is 0 Å². The molecule has 0 aliphatic carbocycles. The number of nitrogens with one attached hydrogen (secondary N) is 1. The Hall–Kier alpha value is -1.30. The Bertz CT molecular complexity index is 477. The van der Waals surface area contributed by atoms with Gasteiger partial charge in [0.25, 0.3) is 0 Å². The van der Waals surface area contributed by atoms with Crippen molar-refractivity contribution < 1.29 is 10.0 Å². The highest BCUT2D eigenvalue weighted by atomic mass is 16.3. The minimum Gasteiger partial charge on any atom is -0.373 e. The third kappa shape index (κ3) is 4.33. The lowest BCUT2D eigenvalue weighted by molar-refractivity contribution is -0.891. The quantitative estimate of drug-likeness (QED) is 0.816. The van der Waals surface area contributed by atoms with Crippen molar-refractivity contribution in [2.24, 2.45) is 5.92 Å². The van der Waals surface area contributed by atoms with Gasteiger partial charge >= 0.3 is 0 Å². The summed E-state index contributed by atoms with van der Waals surface area (Å²) in [5.41, 5.74) is -0.134. The highest BCUT2D eigenvalue weighted by Crippen LogP contribution is 2.28. The largest absolute Gasteiger partial charge is 0.373 e. The molecule has 21 heavy (non-hydrogen) atoms. The van der Waals surface area contributed by atoms with Crippen molar-refractivity contribution in [2.75, 3.05) is 19.6 Å². The number of hydrogen-bond donors (Lipinski definition) is 2. The van der Waals surface area contributed by atoms with Gasteiger partial charge in [0, 0.05) is 0 Å². The topological polar surface area (TPSA) is 24.7 Å². The second kappa shape index (κ2) is 7.64. The van der Waals surface area contributed by atoms with Crippen LogP contribution in [0.3, 0.4) is 0 Å². The van der Waals surface area contributed by atoms with Gasteiger partial charge in [-0.2, -0.15) is 0 Å². The fraction of sp³-hybridized carbons (Fsp3) is 0.579. The van der Waals surface area contributed by atoms with E-state index in [4.69, 9.17) is 0 Å². The van der Waals surface area contributed by atoms with E-state index in [0.717, 1.165) is 12.1 Å². The molecule has 0 aromatic heterocycles. The second-order valence-electron chi connectivity index (χ2n) is 6.43. The number of benzene rings is 1. The van der Waals surface area contributed by atoms with Crippen LogP contribution in [0.4, 0.5) is 0 Å². The molecule has 2 N–H and O–H groups in total. The molecule has 114 valence electrons. The number of quaternary nitrogens is 1. The maximum absolute atomic E-state index is 11.0. The predicted octanol–water partition coefficient (Wildman–Crippen LogP) is 1.99. The van der Waals surface area contributed by atoms with E-state index in [-0.39, 0.29) is 5.92 Å². The third-order valence-electron chi connectivity index (χ3n) is 4.48. The molecule has 1 heterocycles. The first-order chi connectivity index (χ1) is 10.1. The number of hydrogen-bond acceptors (Lipinski definition) is 1. The predicted molar refractivity (Wildman–Crippen MR) is 87.0 cm³/mol. The summed E-state index contributed by atoms with van der Waals surface area (Å²) in [6.45, 7) is 7.35. The first-order valence-corrected chi connectivity index (χ1v) is 8.24. The molecule has 1 aromatic carbocycles.